The lowest BCUT2D eigenvalue weighted by Crippen LogP contribution is -2.44. The average molecular weight is 226 g/mol. The lowest BCUT2D eigenvalue weighted by Gasteiger charge is -2.36. The van der Waals surface area contributed by atoms with Crippen molar-refractivity contribution in [1.82, 2.24) is 10.2 Å². The van der Waals surface area contributed by atoms with Gasteiger partial charge >= 0.3 is 0 Å². The molecule has 3 atom stereocenters. The Balaban J connectivity index is 1.74. The van der Waals surface area contributed by atoms with E-state index in [0.717, 1.165) is 24.9 Å². The zero-order valence-corrected chi connectivity index (χ0v) is 10.5. The highest BCUT2D eigenvalue weighted by molar-refractivity contribution is 4.86. The molecule has 2 aliphatic rings. The zero-order valence-electron chi connectivity index (χ0n) is 10.5. The van der Waals surface area contributed by atoms with Crippen LogP contribution in [0.15, 0.2) is 0 Å². The molecule has 3 heteroatoms. The lowest BCUT2D eigenvalue weighted by molar-refractivity contribution is 0.117. The fourth-order valence-corrected chi connectivity index (χ4v) is 3.11. The molecule has 2 N–H and O–H groups in total. The second-order valence-electron chi connectivity index (χ2n) is 5.54. The number of nitrogens with one attached hydrogen (secondary N) is 1. The molecule has 16 heavy (non-hydrogen) atoms. The zero-order chi connectivity index (χ0) is 11.4. The van der Waals surface area contributed by atoms with Gasteiger partial charge in [0.05, 0.1) is 6.10 Å². The molecule has 94 valence electrons. The van der Waals surface area contributed by atoms with Gasteiger partial charge in [-0.05, 0) is 58.0 Å². The van der Waals surface area contributed by atoms with E-state index in [0.29, 0.717) is 0 Å². The molecule has 3 unspecified atom stereocenters. The highest BCUT2D eigenvalue weighted by Crippen LogP contribution is 2.24. The number of rotatable bonds is 4. The summed E-state index contributed by atoms with van der Waals surface area (Å²) in [5, 5.41) is 13.0. The van der Waals surface area contributed by atoms with Crippen LogP contribution < -0.4 is 5.32 Å². The average Bonchev–Trinajstić information content (AvgIpc) is 2.80. The molecule has 2 saturated heterocycles. The first-order valence-electron chi connectivity index (χ1n) is 6.89. The van der Waals surface area contributed by atoms with Gasteiger partial charge in [0.2, 0.25) is 0 Å². The van der Waals surface area contributed by atoms with E-state index in [-0.39, 0.29) is 6.10 Å². The Kier molecular flexibility index (Phi) is 4.62. The molecule has 0 spiro atoms. The predicted octanol–water partition coefficient (Wildman–Crippen LogP) is 1.22. The Hall–Kier alpha value is -0.120. The molecule has 3 nitrogen and oxygen atoms in total. The van der Waals surface area contributed by atoms with Crippen LogP contribution in [0.3, 0.4) is 0 Å². The smallest absolute Gasteiger partial charge is 0.0524 e. The summed E-state index contributed by atoms with van der Waals surface area (Å²) in [5.74, 6) is 0.852. The third-order valence-corrected chi connectivity index (χ3v) is 4.07. The van der Waals surface area contributed by atoms with E-state index in [2.05, 4.69) is 10.2 Å². The molecule has 0 aromatic carbocycles. The number of piperidine rings is 1. The Morgan fingerprint density at radius 2 is 2.25 bits per heavy atom. The van der Waals surface area contributed by atoms with Crippen LogP contribution in [-0.4, -0.2) is 48.3 Å². The standard InChI is InChI=1S/C13H26N2O/c1-11(16)6-9-15-8-3-4-12(10-15)13-5-2-7-14-13/h11-14,16H,2-10H2,1H3. The molecule has 2 aliphatic heterocycles. The van der Waals surface area contributed by atoms with Crippen molar-refractivity contribution in [3.05, 3.63) is 0 Å². The molecule has 0 aliphatic carbocycles. The molecular formula is C13H26N2O. The monoisotopic (exact) mass is 226 g/mol. The van der Waals surface area contributed by atoms with Crippen LogP contribution >= 0.6 is 0 Å². The number of aliphatic hydroxyl groups is 1. The third-order valence-electron chi connectivity index (χ3n) is 4.07. The van der Waals surface area contributed by atoms with Crippen LogP contribution in [0.1, 0.15) is 39.0 Å². The van der Waals surface area contributed by atoms with Crippen molar-refractivity contribution in [3.63, 3.8) is 0 Å². The van der Waals surface area contributed by atoms with Gasteiger partial charge in [0, 0.05) is 19.1 Å². The van der Waals surface area contributed by atoms with E-state index < -0.39 is 0 Å². The first-order chi connectivity index (χ1) is 7.75. The van der Waals surface area contributed by atoms with Gasteiger partial charge in [-0.15, -0.1) is 0 Å². The van der Waals surface area contributed by atoms with Gasteiger partial charge in [-0.25, -0.2) is 0 Å². The van der Waals surface area contributed by atoms with Crippen LogP contribution in [0, 0.1) is 5.92 Å². The van der Waals surface area contributed by atoms with Gasteiger partial charge < -0.3 is 15.3 Å². The van der Waals surface area contributed by atoms with Gasteiger partial charge in [0.15, 0.2) is 0 Å². The predicted molar refractivity (Wildman–Crippen MR) is 66.5 cm³/mol. The van der Waals surface area contributed by atoms with Crippen molar-refractivity contribution in [2.75, 3.05) is 26.2 Å². The van der Waals surface area contributed by atoms with Gasteiger partial charge in [0.1, 0.15) is 0 Å². The van der Waals surface area contributed by atoms with E-state index in [4.69, 9.17) is 0 Å². The number of hydrogen-bond acceptors (Lipinski definition) is 3. The number of nitrogens with zero attached hydrogens (tertiary/aromatic N) is 1. The molecule has 2 fully saturated rings. The van der Waals surface area contributed by atoms with Crippen molar-refractivity contribution in [3.8, 4) is 0 Å². The van der Waals surface area contributed by atoms with Crippen molar-refractivity contribution in [1.29, 1.82) is 0 Å². The highest BCUT2D eigenvalue weighted by Gasteiger charge is 2.28. The van der Waals surface area contributed by atoms with Crippen molar-refractivity contribution >= 4 is 0 Å². The van der Waals surface area contributed by atoms with Gasteiger partial charge in [-0.1, -0.05) is 0 Å². The maximum Gasteiger partial charge on any atom is 0.0524 e. The van der Waals surface area contributed by atoms with Gasteiger partial charge in [-0.2, -0.15) is 0 Å². The SMILES string of the molecule is CC(O)CCN1CCCC(C2CCCN2)C1. The summed E-state index contributed by atoms with van der Waals surface area (Å²) in [6.07, 6.45) is 6.23. The van der Waals surface area contributed by atoms with Crippen LogP contribution in [0.25, 0.3) is 0 Å². The van der Waals surface area contributed by atoms with E-state index >= 15 is 0 Å². The summed E-state index contributed by atoms with van der Waals surface area (Å²) in [6.45, 7) is 6.65. The Morgan fingerprint density at radius 1 is 1.38 bits per heavy atom. The molecular weight excluding hydrogens is 200 g/mol. The Labute approximate surface area is 99.2 Å². The normalized spacial score (nSPS) is 34.1. The lowest BCUT2D eigenvalue weighted by atomic mass is 9.89. The second kappa shape index (κ2) is 5.99. The quantitative estimate of drug-likeness (QED) is 0.756. The van der Waals surface area contributed by atoms with Crippen LogP contribution in [0.2, 0.25) is 0 Å². The largest absolute Gasteiger partial charge is 0.393 e. The summed E-state index contributed by atoms with van der Waals surface area (Å²) < 4.78 is 0. The van der Waals surface area contributed by atoms with E-state index in [1.807, 2.05) is 6.92 Å². The maximum atomic E-state index is 9.32. The Morgan fingerprint density at radius 3 is 2.94 bits per heavy atom. The number of hydrogen-bond donors (Lipinski definition) is 2. The summed E-state index contributed by atoms with van der Waals surface area (Å²) in [5.41, 5.74) is 0. The van der Waals surface area contributed by atoms with E-state index in [9.17, 15) is 5.11 Å². The van der Waals surface area contributed by atoms with Crippen LogP contribution in [0.5, 0.6) is 0 Å². The Bertz CT molecular complexity index is 202. The minimum absolute atomic E-state index is 0.148. The van der Waals surface area contributed by atoms with Gasteiger partial charge in [-0.3, -0.25) is 0 Å². The van der Waals surface area contributed by atoms with Gasteiger partial charge in [0.25, 0.3) is 0 Å². The summed E-state index contributed by atoms with van der Waals surface area (Å²) in [7, 11) is 0. The van der Waals surface area contributed by atoms with E-state index in [1.54, 1.807) is 0 Å². The molecule has 0 amide bonds. The summed E-state index contributed by atoms with van der Waals surface area (Å²) in [6, 6.07) is 0.773. The molecule has 0 radical (unpaired) electrons. The van der Waals surface area contributed by atoms with Crippen LogP contribution in [-0.2, 0) is 0 Å². The maximum absolute atomic E-state index is 9.32. The first-order valence-corrected chi connectivity index (χ1v) is 6.89. The summed E-state index contributed by atoms with van der Waals surface area (Å²) in [4.78, 5) is 2.54. The highest BCUT2D eigenvalue weighted by atomic mass is 16.3. The molecule has 2 heterocycles. The minimum Gasteiger partial charge on any atom is -0.393 e. The number of aliphatic hydroxyl groups excluding tert-OH is 1. The van der Waals surface area contributed by atoms with Crippen molar-refractivity contribution in [2.45, 2.75) is 51.2 Å². The minimum atomic E-state index is -0.148. The molecule has 0 aromatic rings. The third kappa shape index (κ3) is 3.44. The fraction of sp³-hybridized carbons (Fsp3) is 1.00. The van der Waals surface area contributed by atoms with Crippen molar-refractivity contribution < 1.29 is 5.11 Å². The summed E-state index contributed by atoms with van der Waals surface area (Å²) >= 11 is 0. The molecule has 0 bridgehead atoms. The molecule has 2 rings (SSSR count). The van der Waals surface area contributed by atoms with Crippen LogP contribution in [0.4, 0.5) is 0 Å². The second-order valence-corrected chi connectivity index (χ2v) is 5.54. The van der Waals surface area contributed by atoms with Crippen molar-refractivity contribution in [2.24, 2.45) is 5.92 Å². The topological polar surface area (TPSA) is 35.5 Å². The fourth-order valence-electron chi connectivity index (χ4n) is 3.11. The number of likely N-dealkylation sites (tertiary alicyclic amines) is 1. The van der Waals surface area contributed by atoms with E-state index in [1.165, 1.54) is 45.3 Å². The molecule has 0 saturated carbocycles. The first kappa shape index (κ1) is 12.3. The molecule has 0 aromatic heterocycles.